The first kappa shape index (κ1) is 12.1. The van der Waals surface area contributed by atoms with Gasteiger partial charge in [0.2, 0.25) is 0 Å². The van der Waals surface area contributed by atoms with Gasteiger partial charge in [-0.15, -0.1) is 0 Å². The van der Waals surface area contributed by atoms with Crippen LogP contribution in [0.3, 0.4) is 0 Å². The molecule has 0 unspecified atom stereocenters. The molecule has 0 saturated heterocycles. The minimum absolute atomic E-state index is 0.00722. The normalized spacial score (nSPS) is 11.3. The van der Waals surface area contributed by atoms with Crippen LogP contribution in [-0.4, -0.2) is 11.1 Å². The Labute approximate surface area is 114 Å². The summed E-state index contributed by atoms with van der Waals surface area (Å²) in [6, 6.07) is 9.12. The van der Waals surface area contributed by atoms with Gasteiger partial charge in [0, 0.05) is 15.8 Å². The maximum absolute atomic E-state index is 10.7. The number of rotatable bonds is 2. The van der Waals surface area contributed by atoms with Crippen LogP contribution in [0.4, 0.5) is 0 Å². The van der Waals surface area contributed by atoms with E-state index in [9.17, 15) is 4.79 Å². The monoisotopic (exact) mass is 274 g/mol. The molecule has 1 heterocycles. The summed E-state index contributed by atoms with van der Waals surface area (Å²) in [6.45, 7) is 1.95. The average Bonchev–Trinajstić information content (AvgIpc) is 2.71. The first-order chi connectivity index (χ1) is 9.06. The van der Waals surface area contributed by atoms with Crippen molar-refractivity contribution in [3.63, 3.8) is 0 Å². The number of carboxylic acids is 1. The number of aliphatic carboxylic acids is 1. The molecular weight excluding hydrogens is 264 g/mol. The third-order valence-corrected chi connectivity index (χ3v) is 3.66. The van der Waals surface area contributed by atoms with Crippen LogP contribution in [0.5, 0.6) is 0 Å². The second-order valence-electron chi connectivity index (χ2n) is 4.55. The van der Waals surface area contributed by atoms with Gasteiger partial charge in [0.15, 0.2) is 0 Å². The largest absolute Gasteiger partial charge is 0.481 e. The number of hydrogen-bond acceptors (Lipinski definition) is 2. The maximum atomic E-state index is 10.7. The lowest BCUT2D eigenvalue weighted by atomic mass is 10.1. The minimum atomic E-state index is -0.852. The Morgan fingerprint density at radius 2 is 2.05 bits per heavy atom. The Balaban J connectivity index is 2.29. The lowest BCUT2D eigenvalue weighted by Gasteiger charge is -1.99. The zero-order valence-electron chi connectivity index (χ0n) is 10.2. The van der Waals surface area contributed by atoms with Crippen LogP contribution in [0, 0.1) is 6.92 Å². The topological polar surface area (TPSA) is 50.4 Å². The molecule has 0 aliphatic rings. The summed E-state index contributed by atoms with van der Waals surface area (Å²) in [4.78, 5) is 10.7. The van der Waals surface area contributed by atoms with Gasteiger partial charge in [0.05, 0.1) is 6.42 Å². The van der Waals surface area contributed by atoms with Crippen LogP contribution >= 0.6 is 11.6 Å². The van der Waals surface area contributed by atoms with E-state index in [1.165, 1.54) is 0 Å². The van der Waals surface area contributed by atoms with Crippen molar-refractivity contribution in [2.24, 2.45) is 0 Å². The lowest BCUT2D eigenvalue weighted by Crippen LogP contribution is -1.99. The number of furan rings is 1. The van der Waals surface area contributed by atoms with Gasteiger partial charge < -0.3 is 9.52 Å². The summed E-state index contributed by atoms with van der Waals surface area (Å²) < 4.78 is 5.76. The van der Waals surface area contributed by atoms with Crippen molar-refractivity contribution < 1.29 is 14.3 Å². The first-order valence-electron chi connectivity index (χ1n) is 5.88. The van der Waals surface area contributed by atoms with E-state index in [2.05, 4.69) is 0 Å². The molecule has 2 aromatic carbocycles. The fraction of sp³-hybridized carbons (Fsp3) is 0.133. The average molecular weight is 275 g/mol. The Morgan fingerprint density at radius 3 is 2.79 bits per heavy atom. The van der Waals surface area contributed by atoms with Gasteiger partial charge >= 0.3 is 5.97 Å². The molecule has 0 bridgehead atoms. The second kappa shape index (κ2) is 4.28. The molecule has 0 atom stereocenters. The van der Waals surface area contributed by atoms with E-state index in [0.717, 1.165) is 27.5 Å². The summed E-state index contributed by atoms with van der Waals surface area (Å²) in [6.07, 6.45) is -0.00722. The summed E-state index contributed by atoms with van der Waals surface area (Å²) in [5.74, 6) is -0.852. The molecule has 0 amide bonds. The maximum Gasteiger partial charge on any atom is 0.307 e. The minimum Gasteiger partial charge on any atom is -0.481 e. The van der Waals surface area contributed by atoms with E-state index in [4.69, 9.17) is 21.1 Å². The van der Waals surface area contributed by atoms with Gasteiger partial charge in [0.1, 0.15) is 11.2 Å². The molecule has 0 saturated carbocycles. The fourth-order valence-electron chi connectivity index (χ4n) is 2.34. The first-order valence-corrected chi connectivity index (χ1v) is 6.26. The van der Waals surface area contributed by atoms with Crippen molar-refractivity contribution in [1.29, 1.82) is 0 Å². The third kappa shape index (κ3) is 1.96. The predicted octanol–water partition coefficient (Wildman–Crippen LogP) is 4.17. The highest BCUT2D eigenvalue weighted by atomic mass is 35.5. The summed E-state index contributed by atoms with van der Waals surface area (Å²) in [5.41, 5.74) is 3.16. The Bertz CT molecular complexity index is 802. The Kier molecular flexibility index (Phi) is 2.72. The SMILES string of the molecule is Cc1c(Cl)ccc2oc3cc(CC(=O)O)ccc3c12. The lowest BCUT2D eigenvalue weighted by molar-refractivity contribution is -0.136. The standard InChI is InChI=1S/C15H11ClO3/c1-8-11(16)4-5-12-15(8)10-3-2-9(7-14(17)18)6-13(10)19-12/h2-6H,7H2,1H3,(H,17,18). The molecule has 3 rings (SSSR count). The van der Waals surface area contributed by atoms with E-state index in [1.807, 2.05) is 25.1 Å². The number of benzene rings is 2. The summed E-state index contributed by atoms with van der Waals surface area (Å²) in [7, 11) is 0. The molecule has 96 valence electrons. The highest BCUT2D eigenvalue weighted by molar-refractivity contribution is 6.32. The predicted molar refractivity (Wildman–Crippen MR) is 74.8 cm³/mol. The molecule has 0 aliphatic carbocycles. The summed E-state index contributed by atoms with van der Waals surface area (Å²) >= 11 is 6.13. The van der Waals surface area contributed by atoms with Crippen molar-refractivity contribution >= 4 is 39.5 Å². The number of halogens is 1. The molecule has 19 heavy (non-hydrogen) atoms. The Morgan fingerprint density at radius 1 is 1.26 bits per heavy atom. The van der Waals surface area contributed by atoms with Crippen LogP contribution in [-0.2, 0) is 11.2 Å². The molecule has 0 radical (unpaired) electrons. The molecule has 3 nitrogen and oxygen atoms in total. The molecule has 0 aliphatic heterocycles. The highest BCUT2D eigenvalue weighted by Crippen LogP contribution is 2.34. The van der Waals surface area contributed by atoms with Gasteiger partial charge in [-0.25, -0.2) is 0 Å². The van der Waals surface area contributed by atoms with Gasteiger partial charge in [-0.3, -0.25) is 4.79 Å². The van der Waals surface area contributed by atoms with Crippen LogP contribution < -0.4 is 0 Å². The molecule has 0 fully saturated rings. The van der Waals surface area contributed by atoms with E-state index in [-0.39, 0.29) is 6.42 Å². The highest BCUT2D eigenvalue weighted by Gasteiger charge is 2.12. The number of carboxylic acid groups (broad SMARTS) is 1. The van der Waals surface area contributed by atoms with E-state index < -0.39 is 5.97 Å². The molecule has 1 N–H and O–H groups in total. The zero-order valence-corrected chi connectivity index (χ0v) is 11.0. The quantitative estimate of drug-likeness (QED) is 0.763. The van der Waals surface area contributed by atoms with Gasteiger partial charge in [-0.05, 0) is 36.2 Å². The molecule has 0 spiro atoms. The van der Waals surface area contributed by atoms with Crippen molar-refractivity contribution in [3.05, 3.63) is 46.5 Å². The third-order valence-electron chi connectivity index (χ3n) is 3.25. The van der Waals surface area contributed by atoms with E-state index in [0.29, 0.717) is 10.6 Å². The number of fused-ring (bicyclic) bond motifs is 3. The van der Waals surface area contributed by atoms with Crippen LogP contribution in [0.15, 0.2) is 34.7 Å². The van der Waals surface area contributed by atoms with Gasteiger partial charge in [-0.1, -0.05) is 23.7 Å². The zero-order chi connectivity index (χ0) is 13.6. The van der Waals surface area contributed by atoms with E-state index in [1.54, 1.807) is 12.1 Å². The van der Waals surface area contributed by atoms with Gasteiger partial charge in [0.25, 0.3) is 0 Å². The summed E-state index contributed by atoms with van der Waals surface area (Å²) in [5, 5.41) is 11.5. The molecule has 3 aromatic rings. The number of carbonyl (C=O) groups is 1. The molecule has 1 aromatic heterocycles. The van der Waals surface area contributed by atoms with Crippen molar-refractivity contribution in [3.8, 4) is 0 Å². The number of hydrogen-bond donors (Lipinski definition) is 1. The van der Waals surface area contributed by atoms with Crippen molar-refractivity contribution in [2.45, 2.75) is 13.3 Å². The van der Waals surface area contributed by atoms with E-state index >= 15 is 0 Å². The van der Waals surface area contributed by atoms with Gasteiger partial charge in [-0.2, -0.15) is 0 Å². The van der Waals surface area contributed by atoms with Crippen molar-refractivity contribution in [2.75, 3.05) is 0 Å². The fourth-order valence-corrected chi connectivity index (χ4v) is 2.50. The van der Waals surface area contributed by atoms with Crippen LogP contribution in [0.2, 0.25) is 5.02 Å². The molecule has 4 heteroatoms. The van der Waals surface area contributed by atoms with Crippen molar-refractivity contribution in [1.82, 2.24) is 0 Å². The van der Waals surface area contributed by atoms with Crippen LogP contribution in [0.25, 0.3) is 21.9 Å². The molecular formula is C15H11ClO3. The number of aryl methyl sites for hydroxylation is 1. The smallest absolute Gasteiger partial charge is 0.307 e. The Hall–Kier alpha value is -2.00. The second-order valence-corrected chi connectivity index (χ2v) is 4.96. The van der Waals surface area contributed by atoms with Crippen LogP contribution in [0.1, 0.15) is 11.1 Å².